The van der Waals surface area contributed by atoms with E-state index in [2.05, 4.69) is 18.2 Å². The van der Waals surface area contributed by atoms with Gasteiger partial charge in [0.15, 0.2) is 0 Å². The molecule has 0 amide bonds. The molecular weight excluding hydrogens is 373 g/mol. The Morgan fingerprint density at radius 3 is 2.77 bits per heavy atom. The number of carboxylic acid groups (broad SMARTS) is 1. The molecule has 4 nitrogen and oxygen atoms in total. The van der Waals surface area contributed by atoms with Gasteiger partial charge in [-0.2, -0.15) is 0 Å². The molecule has 0 fully saturated rings. The van der Waals surface area contributed by atoms with E-state index < -0.39 is 11.6 Å². The van der Waals surface area contributed by atoms with E-state index in [0.29, 0.717) is 18.2 Å². The van der Waals surface area contributed by atoms with Crippen LogP contribution in [0.2, 0.25) is 5.02 Å². The van der Waals surface area contributed by atoms with Crippen molar-refractivity contribution in [2.75, 3.05) is 20.1 Å². The first-order valence-corrected chi connectivity index (χ1v) is 8.78. The van der Waals surface area contributed by atoms with Gasteiger partial charge in [-0.15, -0.1) is 12.4 Å². The van der Waals surface area contributed by atoms with Crippen LogP contribution in [0.4, 0.5) is 0 Å². The number of carboxylic acids is 1. The van der Waals surface area contributed by atoms with Crippen molar-refractivity contribution in [2.24, 2.45) is 0 Å². The van der Waals surface area contributed by atoms with Gasteiger partial charge in [0.1, 0.15) is 5.60 Å². The van der Waals surface area contributed by atoms with Crippen molar-refractivity contribution in [1.29, 1.82) is 0 Å². The smallest absolute Gasteiger partial charge is 0.317 e. The lowest BCUT2D eigenvalue weighted by molar-refractivity contribution is -0.138. The van der Waals surface area contributed by atoms with Gasteiger partial charge in [-0.3, -0.25) is 9.69 Å². The van der Waals surface area contributed by atoms with Crippen LogP contribution in [0.25, 0.3) is 0 Å². The van der Waals surface area contributed by atoms with Crippen LogP contribution in [0.1, 0.15) is 29.5 Å². The van der Waals surface area contributed by atoms with Gasteiger partial charge in [0.2, 0.25) is 0 Å². The number of fused-ring (bicyclic) bond motifs is 1. The van der Waals surface area contributed by atoms with Crippen LogP contribution in [0.15, 0.2) is 48.5 Å². The Bertz CT molecular complexity index is 768. The minimum Gasteiger partial charge on any atom is -0.480 e. The van der Waals surface area contributed by atoms with Crippen molar-refractivity contribution in [3.8, 4) is 0 Å². The monoisotopic (exact) mass is 395 g/mol. The highest BCUT2D eigenvalue weighted by molar-refractivity contribution is 6.30. The van der Waals surface area contributed by atoms with Crippen LogP contribution >= 0.6 is 24.0 Å². The van der Waals surface area contributed by atoms with Gasteiger partial charge in [-0.1, -0.05) is 48.0 Å². The van der Waals surface area contributed by atoms with Crippen molar-refractivity contribution in [2.45, 2.75) is 25.0 Å². The number of likely N-dealkylation sites (N-methyl/N-ethyl adjacent to an activating group) is 1. The van der Waals surface area contributed by atoms with E-state index >= 15 is 0 Å². The molecule has 26 heavy (non-hydrogen) atoms. The SMILES string of the molecule is CN(CCCC1(c2cccc(Cl)c2)OCc2ccccc21)CC(=O)O.Cl. The van der Waals surface area contributed by atoms with Crippen molar-refractivity contribution < 1.29 is 14.6 Å². The van der Waals surface area contributed by atoms with Gasteiger partial charge in [0, 0.05) is 5.02 Å². The van der Waals surface area contributed by atoms with Crippen LogP contribution in [-0.4, -0.2) is 36.1 Å². The molecule has 1 heterocycles. The van der Waals surface area contributed by atoms with Crippen LogP contribution in [0.3, 0.4) is 0 Å². The topological polar surface area (TPSA) is 49.8 Å². The average Bonchev–Trinajstić information content (AvgIpc) is 2.94. The van der Waals surface area contributed by atoms with Crippen molar-refractivity contribution in [3.63, 3.8) is 0 Å². The van der Waals surface area contributed by atoms with Crippen LogP contribution in [0.5, 0.6) is 0 Å². The Kier molecular flexibility index (Phi) is 7.07. The number of ether oxygens (including phenoxy) is 1. The number of carbonyl (C=O) groups is 1. The summed E-state index contributed by atoms with van der Waals surface area (Å²) in [4.78, 5) is 12.6. The van der Waals surface area contributed by atoms with E-state index in [0.717, 1.165) is 18.4 Å². The zero-order valence-electron chi connectivity index (χ0n) is 14.7. The largest absolute Gasteiger partial charge is 0.480 e. The first kappa shape index (κ1) is 20.7. The minimum atomic E-state index is -0.811. The second-order valence-electron chi connectivity index (χ2n) is 6.52. The Labute approximate surface area is 165 Å². The summed E-state index contributed by atoms with van der Waals surface area (Å²) in [5.41, 5.74) is 2.90. The molecule has 0 aliphatic carbocycles. The highest BCUT2D eigenvalue weighted by atomic mass is 35.5. The van der Waals surface area contributed by atoms with Gasteiger partial charge in [0.05, 0.1) is 13.2 Å². The van der Waals surface area contributed by atoms with E-state index in [4.69, 9.17) is 21.4 Å². The molecule has 2 aromatic rings. The minimum absolute atomic E-state index is 0. The molecule has 1 aliphatic rings. The van der Waals surface area contributed by atoms with Crippen molar-refractivity contribution in [3.05, 3.63) is 70.2 Å². The number of halogens is 2. The predicted molar refractivity (Wildman–Crippen MR) is 105 cm³/mol. The maximum atomic E-state index is 10.8. The van der Waals surface area contributed by atoms with Crippen LogP contribution in [-0.2, 0) is 21.7 Å². The maximum Gasteiger partial charge on any atom is 0.317 e. The Balaban J connectivity index is 0.00000243. The number of rotatable bonds is 7. The molecule has 0 aromatic heterocycles. The van der Waals surface area contributed by atoms with E-state index in [9.17, 15) is 4.79 Å². The molecule has 0 radical (unpaired) electrons. The lowest BCUT2D eigenvalue weighted by atomic mass is 9.82. The van der Waals surface area contributed by atoms with E-state index in [1.165, 1.54) is 11.1 Å². The van der Waals surface area contributed by atoms with E-state index in [1.54, 1.807) is 0 Å². The third kappa shape index (κ3) is 4.38. The summed E-state index contributed by atoms with van der Waals surface area (Å²) < 4.78 is 6.32. The summed E-state index contributed by atoms with van der Waals surface area (Å²) in [7, 11) is 1.82. The second kappa shape index (κ2) is 8.87. The molecule has 140 valence electrons. The maximum absolute atomic E-state index is 10.8. The van der Waals surface area contributed by atoms with Gasteiger partial charge in [-0.25, -0.2) is 0 Å². The van der Waals surface area contributed by atoms with Crippen LogP contribution < -0.4 is 0 Å². The van der Waals surface area contributed by atoms with E-state index in [-0.39, 0.29) is 19.0 Å². The van der Waals surface area contributed by atoms with Gasteiger partial charge < -0.3 is 9.84 Å². The van der Waals surface area contributed by atoms with E-state index in [1.807, 2.05) is 42.3 Å². The molecule has 6 heteroatoms. The molecule has 2 aromatic carbocycles. The Morgan fingerprint density at radius 1 is 1.27 bits per heavy atom. The number of benzene rings is 2. The molecule has 0 saturated carbocycles. The lowest BCUT2D eigenvalue weighted by Crippen LogP contribution is -2.31. The number of hydrogen-bond acceptors (Lipinski definition) is 3. The highest BCUT2D eigenvalue weighted by Gasteiger charge is 2.41. The fraction of sp³-hybridized carbons (Fsp3) is 0.350. The molecule has 1 atom stereocenters. The summed E-state index contributed by atoms with van der Waals surface area (Å²) >= 11 is 6.23. The number of hydrogen-bond donors (Lipinski definition) is 1. The third-order valence-corrected chi connectivity index (χ3v) is 4.93. The summed E-state index contributed by atoms with van der Waals surface area (Å²) in [5.74, 6) is -0.811. The lowest BCUT2D eigenvalue weighted by Gasteiger charge is -2.31. The van der Waals surface area contributed by atoms with Gasteiger partial charge in [0.25, 0.3) is 0 Å². The summed E-state index contributed by atoms with van der Waals surface area (Å²) in [6, 6.07) is 16.1. The number of aliphatic carboxylic acids is 1. The summed E-state index contributed by atoms with van der Waals surface area (Å²) in [6.07, 6.45) is 1.60. The molecule has 0 saturated heterocycles. The molecule has 1 N–H and O–H groups in total. The highest BCUT2D eigenvalue weighted by Crippen LogP contribution is 2.45. The predicted octanol–water partition coefficient (Wildman–Crippen LogP) is 4.33. The summed E-state index contributed by atoms with van der Waals surface area (Å²) in [5, 5.41) is 9.59. The zero-order valence-corrected chi connectivity index (χ0v) is 16.2. The molecule has 0 spiro atoms. The summed E-state index contributed by atoms with van der Waals surface area (Å²) in [6.45, 7) is 1.31. The van der Waals surface area contributed by atoms with Gasteiger partial charge in [-0.05, 0) is 55.3 Å². The average molecular weight is 396 g/mol. The quantitative estimate of drug-likeness (QED) is 0.757. The molecule has 1 unspecified atom stereocenters. The van der Waals surface area contributed by atoms with Crippen LogP contribution in [0, 0.1) is 0 Å². The Morgan fingerprint density at radius 2 is 2.04 bits per heavy atom. The standard InChI is InChI=1S/C20H22ClNO3.ClH/c1-22(13-19(23)24)11-5-10-20(16-7-4-8-17(21)12-16)18-9-3-2-6-15(18)14-25-20;/h2-4,6-9,12H,5,10-11,13-14H2,1H3,(H,23,24);1H. The molecule has 3 rings (SSSR count). The Hall–Kier alpha value is -1.59. The van der Waals surface area contributed by atoms with Crippen molar-refractivity contribution in [1.82, 2.24) is 4.90 Å². The molecular formula is C20H23Cl2NO3. The first-order valence-electron chi connectivity index (χ1n) is 8.40. The fourth-order valence-electron chi connectivity index (χ4n) is 3.56. The molecule has 0 bridgehead atoms. The fourth-order valence-corrected chi connectivity index (χ4v) is 3.75. The number of nitrogens with zero attached hydrogens (tertiary/aromatic N) is 1. The third-order valence-electron chi connectivity index (χ3n) is 4.69. The zero-order chi connectivity index (χ0) is 17.9. The molecule has 1 aliphatic heterocycles. The van der Waals surface area contributed by atoms with Gasteiger partial charge >= 0.3 is 5.97 Å². The second-order valence-corrected chi connectivity index (χ2v) is 6.95. The first-order chi connectivity index (χ1) is 12.0. The van der Waals surface area contributed by atoms with Crippen molar-refractivity contribution >= 4 is 30.0 Å². The normalized spacial score (nSPS) is 18.4.